The Kier molecular flexibility index (Phi) is 4.30. The van der Waals surface area contributed by atoms with E-state index in [1.807, 2.05) is 18.2 Å². The monoisotopic (exact) mass is 328 g/mol. The van der Waals surface area contributed by atoms with Gasteiger partial charge in [0.2, 0.25) is 0 Å². The maximum Gasteiger partial charge on any atom is 0.177 e. The number of furan rings is 1. The molecule has 3 aromatic rings. The molecule has 1 aliphatic rings. The fraction of sp³-hybridized carbons (Fsp3) is 0.389. The van der Waals surface area contributed by atoms with E-state index in [0.29, 0.717) is 6.04 Å². The van der Waals surface area contributed by atoms with Crippen molar-refractivity contribution in [1.29, 1.82) is 0 Å². The minimum absolute atomic E-state index is 0.306. The molecule has 1 atom stereocenters. The van der Waals surface area contributed by atoms with Crippen molar-refractivity contribution in [1.82, 2.24) is 10.1 Å². The van der Waals surface area contributed by atoms with Gasteiger partial charge in [-0.2, -0.15) is 0 Å². The molecule has 4 nitrogen and oxygen atoms in total. The van der Waals surface area contributed by atoms with E-state index in [0.717, 1.165) is 41.6 Å². The zero-order valence-electron chi connectivity index (χ0n) is 13.0. The smallest absolute Gasteiger partial charge is 0.177 e. The number of thiophene rings is 1. The van der Waals surface area contributed by atoms with Crippen LogP contribution in [0, 0.1) is 0 Å². The van der Waals surface area contributed by atoms with Crippen LogP contribution in [0.25, 0.3) is 10.6 Å². The number of likely N-dealkylation sites (tertiary alicyclic amines) is 1. The summed E-state index contributed by atoms with van der Waals surface area (Å²) in [6, 6.07) is 10.5. The summed E-state index contributed by atoms with van der Waals surface area (Å²) in [7, 11) is 0. The Morgan fingerprint density at radius 3 is 3.04 bits per heavy atom. The highest BCUT2D eigenvalue weighted by molar-refractivity contribution is 7.13. The third-order valence-corrected chi connectivity index (χ3v) is 5.32. The largest absolute Gasteiger partial charge is 0.468 e. The summed E-state index contributed by atoms with van der Waals surface area (Å²) in [5.41, 5.74) is 1.04. The molecule has 0 radical (unpaired) electrons. The summed E-state index contributed by atoms with van der Waals surface area (Å²) >= 11 is 1.68. The number of rotatable bonds is 4. The third-order valence-electron chi connectivity index (χ3n) is 4.44. The van der Waals surface area contributed by atoms with Crippen molar-refractivity contribution >= 4 is 11.3 Å². The van der Waals surface area contributed by atoms with E-state index in [-0.39, 0.29) is 0 Å². The van der Waals surface area contributed by atoms with E-state index in [4.69, 9.17) is 8.94 Å². The lowest BCUT2D eigenvalue weighted by atomic mass is 10.1. The maximum absolute atomic E-state index is 5.60. The molecule has 0 amide bonds. The van der Waals surface area contributed by atoms with Crippen LogP contribution in [-0.4, -0.2) is 16.6 Å². The van der Waals surface area contributed by atoms with Crippen LogP contribution in [0.15, 0.2) is 50.9 Å². The van der Waals surface area contributed by atoms with Crippen LogP contribution < -0.4 is 0 Å². The van der Waals surface area contributed by atoms with Gasteiger partial charge in [-0.15, -0.1) is 11.3 Å². The van der Waals surface area contributed by atoms with Crippen molar-refractivity contribution in [3.63, 3.8) is 0 Å². The molecule has 1 aliphatic heterocycles. The van der Waals surface area contributed by atoms with Crippen molar-refractivity contribution in [2.75, 3.05) is 6.54 Å². The lowest BCUT2D eigenvalue weighted by Gasteiger charge is -2.27. The van der Waals surface area contributed by atoms with Gasteiger partial charge in [0.1, 0.15) is 11.5 Å². The summed E-state index contributed by atoms with van der Waals surface area (Å²) in [6.07, 6.45) is 6.61. The highest BCUT2D eigenvalue weighted by atomic mass is 32.1. The van der Waals surface area contributed by atoms with Crippen molar-refractivity contribution in [3.8, 4) is 10.6 Å². The Morgan fingerprint density at radius 2 is 2.22 bits per heavy atom. The molecule has 1 unspecified atom stereocenters. The fourth-order valence-corrected chi connectivity index (χ4v) is 3.95. The van der Waals surface area contributed by atoms with Gasteiger partial charge in [0.15, 0.2) is 5.76 Å². The summed E-state index contributed by atoms with van der Waals surface area (Å²) in [5, 5.41) is 6.44. The van der Waals surface area contributed by atoms with E-state index in [9.17, 15) is 0 Å². The van der Waals surface area contributed by atoms with Gasteiger partial charge in [-0.05, 0) is 43.0 Å². The molecule has 0 aromatic carbocycles. The lowest BCUT2D eigenvalue weighted by molar-refractivity contribution is 0.170. The quantitative estimate of drug-likeness (QED) is 0.667. The fourth-order valence-electron chi connectivity index (χ4n) is 3.28. The van der Waals surface area contributed by atoms with Crippen LogP contribution in [-0.2, 0) is 6.54 Å². The number of hydrogen-bond donors (Lipinski definition) is 0. The van der Waals surface area contributed by atoms with Gasteiger partial charge in [0, 0.05) is 6.07 Å². The first-order chi connectivity index (χ1) is 11.4. The Balaban J connectivity index is 1.58. The van der Waals surface area contributed by atoms with Crippen molar-refractivity contribution in [2.45, 2.75) is 38.3 Å². The second-order valence-corrected chi connectivity index (χ2v) is 6.96. The summed E-state index contributed by atoms with van der Waals surface area (Å²) in [6.45, 7) is 1.91. The molecule has 23 heavy (non-hydrogen) atoms. The molecule has 0 N–H and O–H groups in total. The first-order valence-corrected chi connectivity index (χ1v) is 9.05. The summed E-state index contributed by atoms with van der Waals surface area (Å²) in [5.74, 6) is 1.89. The summed E-state index contributed by atoms with van der Waals surface area (Å²) in [4.78, 5) is 3.61. The van der Waals surface area contributed by atoms with Gasteiger partial charge >= 0.3 is 0 Å². The van der Waals surface area contributed by atoms with E-state index in [2.05, 4.69) is 27.6 Å². The minimum Gasteiger partial charge on any atom is -0.468 e. The predicted molar refractivity (Wildman–Crippen MR) is 90.1 cm³/mol. The second kappa shape index (κ2) is 6.72. The molecule has 0 saturated carbocycles. The molecule has 4 heterocycles. The van der Waals surface area contributed by atoms with Crippen LogP contribution in [0.2, 0.25) is 0 Å². The molecule has 0 spiro atoms. The summed E-state index contributed by atoms with van der Waals surface area (Å²) < 4.78 is 11.1. The van der Waals surface area contributed by atoms with E-state index < -0.39 is 0 Å². The zero-order chi connectivity index (χ0) is 15.5. The van der Waals surface area contributed by atoms with E-state index in [1.165, 1.54) is 19.3 Å². The molecule has 0 aliphatic carbocycles. The maximum atomic E-state index is 5.60. The van der Waals surface area contributed by atoms with Gasteiger partial charge in [-0.3, -0.25) is 4.90 Å². The Hall–Kier alpha value is -1.85. The first-order valence-electron chi connectivity index (χ1n) is 8.17. The van der Waals surface area contributed by atoms with E-state index >= 15 is 0 Å². The van der Waals surface area contributed by atoms with Crippen LogP contribution in [0.3, 0.4) is 0 Å². The Morgan fingerprint density at radius 1 is 1.22 bits per heavy atom. The van der Waals surface area contributed by atoms with Crippen LogP contribution in [0.4, 0.5) is 0 Å². The van der Waals surface area contributed by atoms with Gasteiger partial charge < -0.3 is 8.94 Å². The normalized spacial score (nSPS) is 19.7. The molecule has 0 bridgehead atoms. The molecule has 1 fully saturated rings. The van der Waals surface area contributed by atoms with Crippen LogP contribution >= 0.6 is 11.3 Å². The molecule has 1 saturated heterocycles. The lowest BCUT2D eigenvalue weighted by Crippen LogP contribution is -2.28. The second-order valence-electron chi connectivity index (χ2n) is 6.01. The van der Waals surface area contributed by atoms with Crippen LogP contribution in [0.5, 0.6) is 0 Å². The van der Waals surface area contributed by atoms with E-state index in [1.54, 1.807) is 17.6 Å². The average molecular weight is 328 g/mol. The minimum atomic E-state index is 0.306. The number of nitrogens with zero attached hydrogens (tertiary/aromatic N) is 2. The Bertz CT molecular complexity index is 718. The van der Waals surface area contributed by atoms with Crippen LogP contribution in [0.1, 0.15) is 43.2 Å². The molecular formula is C18H20N2O2S. The van der Waals surface area contributed by atoms with Gasteiger partial charge in [0.05, 0.1) is 23.7 Å². The van der Waals surface area contributed by atoms with Crippen molar-refractivity contribution in [3.05, 3.63) is 53.4 Å². The Labute approximate surface area is 139 Å². The molecule has 4 rings (SSSR count). The SMILES string of the molecule is c1coc(CN2CCCCCC2c2cc(-c3cccs3)on2)c1. The van der Waals surface area contributed by atoms with Gasteiger partial charge in [-0.25, -0.2) is 0 Å². The highest BCUT2D eigenvalue weighted by Gasteiger charge is 2.26. The zero-order valence-corrected chi connectivity index (χ0v) is 13.8. The van der Waals surface area contributed by atoms with Gasteiger partial charge in [0.25, 0.3) is 0 Å². The number of hydrogen-bond acceptors (Lipinski definition) is 5. The van der Waals surface area contributed by atoms with Crippen molar-refractivity contribution in [2.24, 2.45) is 0 Å². The number of aromatic nitrogens is 1. The topological polar surface area (TPSA) is 42.4 Å². The first kappa shape index (κ1) is 14.7. The highest BCUT2D eigenvalue weighted by Crippen LogP contribution is 2.34. The van der Waals surface area contributed by atoms with Gasteiger partial charge in [-0.1, -0.05) is 24.1 Å². The third kappa shape index (κ3) is 3.26. The molecule has 3 aromatic heterocycles. The van der Waals surface area contributed by atoms with Crippen molar-refractivity contribution < 1.29 is 8.94 Å². The average Bonchev–Trinajstić information content (AvgIpc) is 3.29. The molecule has 5 heteroatoms. The molecule has 120 valence electrons. The standard InChI is InChI=1S/C18H20N2O2S/c1-2-7-16(20(9-3-1)13-14-6-4-10-21-14)15-12-17(22-19-15)18-8-5-11-23-18/h4-6,8,10-12,16H,1-3,7,9,13H2. The predicted octanol–water partition coefficient (Wildman–Crippen LogP) is 5.11. The molecular weight excluding hydrogens is 308 g/mol.